The van der Waals surface area contributed by atoms with Gasteiger partial charge in [0.2, 0.25) is 5.91 Å². The van der Waals surface area contributed by atoms with E-state index in [-0.39, 0.29) is 11.8 Å². The van der Waals surface area contributed by atoms with Crippen molar-refractivity contribution in [2.45, 2.75) is 25.4 Å². The van der Waals surface area contributed by atoms with E-state index in [4.69, 9.17) is 4.98 Å². The molecular formula is C34H34N4O. The zero-order chi connectivity index (χ0) is 26.4. The number of para-hydroxylation sites is 2. The molecule has 39 heavy (non-hydrogen) atoms. The van der Waals surface area contributed by atoms with Gasteiger partial charge in [0.25, 0.3) is 0 Å². The van der Waals surface area contributed by atoms with Crippen molar-refractivity contribution in [2.75, 3.05) is 26.2 Å². The molecule has 5 heteroatoms. The average molecular weight is 515 g/mol. The standard InChI is InChI=1S/C34H34N4O/c39-34(24-30(28-14-6-2-7-15-28)29-16-8-3-9-17-29)37-22-20-36(21-23-37)26-33-35-31-18-10-11-19-32(31)38(33)25-27-12-4-1-5-13-27/h1-19,30H,20-26H2. The van der Waals surface area contributed by atoms with Crippen LogP contribution in [0.3, 0.4) is 0 Å². The molecule has 1 amide bonds. The van der Waals surface area contributed by atoms with Crippen molar-refractivity contribution in [3.8, 4) is 0 Å². The molecule has 0 spiro atoms. The smallest absolute Gasteiger partial charge is 0.223 e. The van der Waals surface area contributed by atoms with Gasteiger partial charge in [-0.25, -0.2) is 4.98 Å². The van der Waals surface area contributed by atoms with E-state index in [1.807, 2.05) is 17.0 Å². The molecule has 6 rings (SSSR count). The molecular weight excluding hydrogens is 480 g/mol. The first-order valence-electron chi connectivity index (χ1n) is 13.8. The Hall–Kier alpha value is -4.22. The fourth-order valence-corrected chi connectivity index (χ4v) is 5.65. The van der Waals surface area contributed by atoms with Gasteiger partial charge in [0, 0.05) is 45.1 Å². The van der Waals surface area contributed by atoms with Crippen LogP contribution in [0.25, 0.3) is 11.0 Å². The predicted molar refractivity (Wildman–Crippen MR) is 156 cm³/mol. The van der Waals surface area contributed by atoms with E-state index in [0.29, 0.717) is 6.42 Å². The highest BCUT2D eigenvalue weighted by atomic mass is 16.2. The Labute approximate surface area is 230 Å². The molecule has 0 N–H and O–H groups in total. The lowest BCUT2D eigenvalue weighted by Crippen LogP contribution is -2.48. The van der Waals surface area contributed by atoms with Crippen LogP contribution in [0.4, 0.5) is 0 Å². The lowest BCUT2D eigenvalue weighted by atomic mass is 9.88. The van der Waals surface area contributed by atoms with Crippen LogP contribution in [0.15, 0.2) is 115 Å². The van der Waals surface area contributed by atoms with Gasteiger partial charge >= 0.3 is 0 Å². The average Bonchev–Trinajstić information content (AvgIpc) is 3.34. The maximum absolute atomic E-state index is 13.5. The maximum atomic E-state index is 13.5. The third kappa shape index (κ3) is 5.79. The SMILES string of the molecule is O=C(CC(c1ccccc1)c1ccccc1)N1CCN(Cc2nc3ccccc3n2Cc2ccccc2)CC1. The summed E-state index contributed by atoms with van der Waals surface area (Å²) in [6.07, 6.45) is 0.487. The summed E-state index contributed by atoms with van der Waals surface area (Å²) in [6, 6.07) is 39.7. The van der Waals surface area contributed by atoms with Crippen LogP contribution in [0, 0.1) is 0 Å². The van der Waals surface area contributed by atoms with E-state index in [1.54, 1.807) is 0 Å². The summed E-state index contributed by atoms with van der Waals surface area (Å²) in [5.74, 6) is 1.37. The molecule has 1 saturated heterocycles. The first-order valence-corrected chi connectivity index (χ1v) is 13.8. The van der Waals surface area contributed by atoms with Crippen LogP contribution in [-0.2, 0) is 17.9 Å². The van der Waals surface area contributed by atoms with Gasteiger partial charge in [0.15, 0.2) is 0 Å². The number of benzene rings is 4. The number of nitrogens with zero attached hydrogens (tertiary/aromatic N) is 4. The Balaban J connectivity index is 1.13. The Morgan fingerprint density at radius 1 is 0.667 bits per heavy atom. The summed E-state index contributed by atoms with van der Waals surface area (Å²) in [4.78, 5) is 23.0. The molecule has 4 aromatic carbocycles. The first kappa shape index (κ1) is 25.1. The van der Waals surface area contributed by atoms with E-state index < -0.39 is 0 Å². The molecule has 0 saturated carbocycles. The summed E-state index contributed by atoms with van der Waals surface area (Å²) >= 11 is 0. The molecule has 196 valence electrons. The van der Waals surface area contributed by atoms with Crippen LogP contribution >= 0.6 is 0 Å². The van der Waals surface area contributed by atoms with Crippen LogP contribution in [0.2, 0.25) is 0 Å². The van der Waals surface area contributed by atoms with Gasteiger partial charge in [-0.15, -0.1) is 0 Å². The van der Waals surface area contributed by atoms with E-state index in [9.17, 15) is 4.79 Å². The van der Waals surface area contributed by atoms with Crippen molar-refractivity contribution < 1.29 is 4.79 Å². The van der Waals surface area contributed by atoms with Crippen molar-refractivity contribution in [2.24, 2.45) is 0 Å². The van der Waals surface area contributed by atoms with Crippen LogP contribution in [0.5, 0.6) is 0 Å². The second kappa shape index (κ2) is 11.7. The van der Waals surface area contributed by atoms with Crippen molar-refractivity contribution in [3.63, 3.8) is 0 Å². The number of hydrogen-bond acceptors (Lipinski definition) is 3. The summed E-state index contributed by atoms with van der Waals surface area (Å²) in [5, 5.41) is 0. The molecule has 5 nitrogen and oxygen atoms in total. The fourth-order valence-electron chi connectivity index (χ4n) is 5.65. The van der Waals surface area contributed by atoms with E-state index in [0.717, 1.165) is 56.1 Å². The summed E-state index contributed by atoms with van der Waals surface area (Å²) < 4.78 is 2.34. The highest BCUT2D eigenvalue weighted by Crippen LogP contribution is 2.29. The molecule has 0 bridgehead atoms. The van der Waals surface area contributed by atoms with Gasteiger partial charge in [-0.05, 0) is 28.8 Å². The Bertz CT molecular complexity index is 1470. The van der Waals surface area contributed by atoms with Gasteiger partial charge in [0.1, 0.15) is 5.82 Å². The fraction of sp³-hybridized carbons (Fsp3) is 0.235. The van der Waals surface area contributed by atoms with Gasteiger partial charge in [-0.2, -0.15) is 0 Å². The molecule has 0 aliphatic carbocycles. The zero-order valence-corrected chi connectivity index (χ0v) is 22.2. The molecule has 5 aromatic rings. The second-order valence-corrected chi connectivity index (χ2v) is 10.3. The number of rotatable bonds is 8. The summed E-state index contributed by atoms with van der Waals surface area (Å²) in [6.45, 7) is 4.76. The molecule has 1 aromatic heterocycles. The molecule has 1 fully saturated rings. The van der Waals surface area contributed by atoms with Gasteiger partial charge in [-0.3, -0.25) is 9.69 Å². The molecule has 0 radical (unpaired) electrons. The summed E-state index contributed by atoms with van der Waals surface area (Å²) in [5.41, 5.74) is 5.84. The third-order valence-electron chi connectivity index (χ3n) is 7.79. The Morgan fingerprint density at radius 2 is 1.23 bits per heavy atom. The molecule has 1 aliphatic heterocycles. The van der Waals surface area contributed by atoms with Gasteiger partial charge in [0.05, 0.1) is 17.6 Å². The molecule has 0 atom stereocenters. The molecule has 0 unspecified atom stereocenters. The van der Waals surface area contributed by atoms with Crippen LogP contribution < -0.4 is 0 Å². The minimum atomic E-state index is 0.0656. The van der Waals surface area contributed by atoms with E-state index in [2.05, 4.69) is 113 Å². The van der Waals surface area contributed by atoms with Gasteiger partial charge < -0.3 is 9.47 Å². The Kier molecular flexibility index (Phi) is 7.50. The first-order chi connectivity index (χ1) is 19.2. The van der Waals surface area contributed by atoms with E-state index >= 15 is 0 Å². The highest BCUT2D eigenvalue weighted by Gasteiger charge is 2.26. The Morgan fingerprint density at radius 3 is 1.87 bits per heavy atom. The van der Waals surface area contributed by atoms with Crippen LogP contribution in [-0.4, -0.2) is 51.4 Å². The number of fused-ring (bicyclic) bond motifs is 1. The monoisotopic (exact) mass is 514 g/mol. The minimum Gasteiger partial charge on any atom is -0.340 e. The predicted octanol–water partition coefficient (Wildman–Crippen LogP) is 5.95. The number of piperazine rings is 1. The number of aromatic nitrogens is 2. The second-order valence-electron chi connectivity index (χ2n) is 10.3. The topological polar surface area (TPSA) is 41.4 Å². The number of hydrogen-bond donors (Lipinski definition) is 0. The van der Waals surface area contributed by atoms with E-state index in [1.165, 1.54) is 16.7 Å². The third-order valence-corrected chi connectivity index (χ3v) is 7.79. The quantitative estimate of drug-likeness (QED) is 0.257. The van der Waals surface area contributed by atoms with Crippen molar-refractivity contribution >= 4 is 16.9 Å². The minimum absolute atomic E-state index is 0.0656. The van der Waals surface area contributed by atoms with Crippen molar-refractivity contribution in [1.29, 1.82) is 0 Å². The lowest BCUT2D eigenvalue weighted by Gasteiger charge is -2.35. The lowest BCUT2D eigenvalue weighted by molar-refractivity contribution is -0.133. The molecule has 1 aliphatic rings. The highest BCUT2D eigenvalue weighted by molar-refractivity contribution is 5.78. The van der Waals surface area contributed by atoms with Crippen LogP contribution in [0.1, 0.15) is 34.9 Å². The number of imidazole rings is 1. The largest absolute Gasteiger partial charge is 0.340 e. The number of amides is 1. The van der Waals surface area contributed by atoms with Crippen molar-refractivity contribution in [3.05, 3.63) is 138 Å². The molecule has 2 heterocycles. The maximum Gasteiger partial charge on any atom is 0.223 e. The number of carbonyl (C=O) groups is 1. The van der Waals surface area contributed by atoms with Gasteiger partial charge in [-0.1, -0.05) is 103 Å². The zero-order valence-electron chi connectivity index (χ0n) is 22.2. The normalized spacial score (nSPS) is 14.2. The number of carbonyl (C=O) groups excluding carboxylic acids is 1. The summed E-state index contributed by atoms with van der Waals surface area (Å²) in [7, 11) is 0. The van der Waals surface area contributed by atoms with Crippen molar-refractivity contribution in [1.82, 2.24) is 19.4 Å².